The highest BCUT2D eigenvalue weighted by Gasteiger charge is 2.13. The molecule has 0 unspecified atom stereocenters. The molecule has 32 heavy (non-hydrogen) atoms. The van der Waals surface area contributed by atoms with Crippen molar-refractivity contribution in [2.45, 2.75) is 19.9 Å². The Hall–Kier alpha value is -4.37. The number of fused-ring (bicyclic) bond motifs is 2. The van der Waals surface area contributed by atoms with Gasteiger partial charge in [0.15, 0.2) is 0 Å². The summed E-state index contributed by atoms with van der Waals surface area (Å²) in [5.74, 6) is 0.811. The fraction of sp³-hybridized carbons (Fsp3) is 0.115. The highest BCUT2D eigenvalue weighted by atomic mass is 15.0. The Bertz CT molecular complexity index is 1490. The Kier molecular flexibility index (Phi) is 5.14. The Balaban J connectivity index is 1.44. The van der Waals surface area contributed by atoms with Crippen LogP contribution in [0, 0.1) is 11.3 Å². The number of pyridine rings is 2. The Morgan fingerprint density at radius 3 is 2.66 bits per heavy atom. The van der Waals surface area contributed by atoms with Gasteiger partial charge in [-0.05, 0) is 48.9 Å². The quantitative estimate of drug-likeness (QED) is 0.419. The lowest BCUT2D eigenvalue weighted by Gasteiger charge is -2.14. The molecule has 0 spiro atoms. The summed E-state index contributed by atoms with van der Waals surface area (Å²) in [6.45, 7) is 2.65. The van der Waals surface area contributed by atoms with Crippen LogP contribution in [0.5, 0.6) is 0 Å². The van der Waals surface area contributed by atoms with E-state index in [9.17, 15) is 0 Å². The van der Waals surface area contributed by atoms with E-state index in [4.69, 9.17) is 10.2 Å². The molecule has 6 nitrogen and oxygen atoms in total. The monoisotopic (exact) mass is 416 g/mol. The van der Waals surface area contributed by atoms with Crippen LogP contribution >= 0.6 is 0 Å². The van der Waals surface area contributed by atoms with Gasteiger partial charge in [-0.15, -0.1) is 0 Å². The standard InChI is InChI=1S/C26H20N6/c1-2-22-25(20-7-10-23-18(13-20)4-3-11-28-23)30-16-31-26(22)29-15-21-8-6-19-12-17(14-27)5-9-24(19)32-21/h3-13,16H,2,15H2,1H3,(H,29,30,31). The molecule has 0 saturated carbocycles. The van der Waals surface area contributed by atoms with E-state index in [1.54, 1.807) is 18.6 Å². The van der Waals surface area contributed by atoms with Gasteiger partial charge in [-0.3, -0.25) is 9.97 Å². The van der Waals surface area contributed by atoms with Crippen molar-refractivity contribution in [2.24, 2.45) is 0 Å². The van der Waals surface area contributed by atoms with Gasteiger partial charge in [-0.2, -0.15) is 5.26 Å². The normalized spacial score (nSPS) is 10.9. The van der Waals surface area contributed by atoms with Crippen LogP contribution in [-0.4, -0.2) is 19.9 Å². The molecule has 0 fully saturated rings. The first kappa shape index (κ1) is 19.6. The van der Waals surface area contributed by atoms with Gasteiger partial charge in [-0.25, -0.2) is 9.97 Å². The number of nitrogens with zero attached hydrogens (tertiary/aromatic N) is 5. The van der Waals surface area contributed by atoms with E-state index in [-0.39, 0.29) is 0 Å². The molecular formula is C26H20N6. The van der Waals surface area contributed by atoms with Crippen LogP contribution in [0.3, 0.4) is 0 Å². The van der Waals surface area contributed by atoms with Crippen LogP contribution in [0.25, 0.3) is 33.1 Å². The zero-order chi connectivity index (χ0) is 21.9. The molecule has 0 amide bonds. The van der Waals surface area contributed by atoms with Crippen molar-refractivity contribution in [1.82, 2.24) is 19.9 Å². The van der Waals surface area contributed by atoms with E-state index in [1.165, 1.54) is 0 Å². The second-order valence-corrected chi connectivity index (χ2v) is 7.49. The predicted molar refractivity (Wildman–Crippen MR) is 126 cm³/mol. The van der Waals surface area contributed by atoms with Crippen molar-refractivity contribution in [2.75, 3.05) is 5.32 Å². The van der Waals surface area contributed by atoms with Crippen molar-refractivity contribution in [3.05, 3.63) is 90.0 Å². The molecule has 0 aliphatic carbocycles. The van der Waals surface area contributed by atoms with Gasteiger partial charge in [0.1, 0.15) is 12.1 Å². The Morgan fingerprint density at radius 1 is 0.906 bits per heavy atom. The summed E-state index contributed by atoms with van der Waals surface area (Å²) in [7, 11) is 0. The molecule has 3 aromatic heterocycles. The first-order valence-corrected chi connectivity index (χ1v) is 10.5. The molecule has 0 atom stereocenters. The van der Waals surface area contributed by atoms with Crippen molar-refractivity contribution < 1.29 is 0 Å². The molecule has 0 radical (unpaired) electrons. The summed E-state index contributed by atoms with van der Waals surface area (Å²) >= 11 is 0. The van der Waals surface area contributed by atoms with Crippen LogP contribution in [0.1, 0.15) is 23.7 Å². The van der Waals surface area contributed by atoms with Crippen LogP contribution in [0.15, 0.2) is 73.2 Å². The summed E-state index contributed by atoms with van der Waals surface area (Å²) in [6.07, 6.45) is 4.20. The van der Waals surface area contributed by atoms with Crippen LogP contribution < -0.4 is 5.32 Å². The molecule has 0 aliphatic rings. The van der Waals surface area contributed by atoms with Crippen LogP contribution in [0.2, 0.25) is 0 Å². The molecule has 0 aliphatic heterocycles. The second kappa shape index (κ2) is 8.40. The van der Waals surface area contributed by atoms with E-state index < -0.39 is 0 Å². The van der Waals surface area contributed by atoms with Gasteiger partial charge in [0.2, 0.25) is 0 Å². The highest BCUT2D eigenvalue weighted by molar-refractivity contribution is 5.85. The molecule has 0 bridgehead atoms. The van der Waals surface area contributed by atoms with Crippen molar-refractivity contribution in [3.63, 3.8) is 0 Å². The Labute approximate surface area is 185 Å². The van der Waals surface area contributed by atoms with E-state index in [0.29, 0.717) is 12.1 Å². The third-order valence-corrected chi connectivity index (χ3v) is 5.49. The maximum absolute atomic E-state index is 9.07. The minimum atomic E-state index is 0.543. The number of nitrogens with one attached hydrogen (secondary N) is 1. The van der Waals surface area contributed by atoms with E-state index in [2.05, 4.69) is 51.5 Å². The van der Waals surface area contributed by atoms with Gasteiger partial charge >= 0.3 is 0 Å². The molecule has 5 rings (SSSR count). The number of hydrogen-bond donors (Lipinski definition) is 1. The van der Waals surface area contributed by atoms with Crippen LogP contribution in [0.4, 0.5) is 5.82 Å². The van der Waals surface area contributed by atoms with E-state index >= 15 is 0 Å². The average molecular weight is 416 g/mol. The third-order valence-electron chi connectivity index (χ3n) is 5.49. The number of aromatic nitrogens is 4. The summed E-state index contributed by atoms with van der Waals surface area (Å²) in [4.78, 5) is 18.2. The van der Waals surface area contributed by atoms with Gasteiger partial charge in [0.05, 0.1) is 40.6 Å². The SMILES string of the molecule is CCc1c(NCc2ccc3cc(C#N)ccc3n2)ncnc1-c1ccc2ncccc2c1. The van der Waals surface area contributed by atoms with Crippen molar-refractivity contribution in [1.29, 1.82) is 5.26 Å². The maximum Gasteiger partial charge on any atom is 0.133 e. The number of hydrogen-bond acceptors (Lipinski definition) is 6. The van der Waals surface area contributed by atoms with Crippen molar-refractivity contribution >= 4 is 27.6 Å². The molecule has 154 valence electrons. The van der Waals surface area contributed by atoms with Gasteiger partial charge in [0, 0.05) is 28.1 Å². The average Bonchev–Trinajstić information content (AvgIpc) is 2.86. The van der Waals surface area contributed by atoms with E-state index in [0.717, 1.165) is 56.6 Å². The summed E-state index contributed by atoms with van der Waals surface area (Å²) in [6, 6.07) is 21.9. The molecule has 3 heterocycles. The van der Waals surface area contributed by atoms with E-state index in [1.807, 2.05) is 36.4 Å². The number of benzene rings is 2. The van der Waals surface area contributed by atoms with Gasteiger partial charge in [0.25, 0.3) is 0 Å². The highest BCUT2D eigenvalue weighted by Crippen LogP contribution is 2.28. The third kappa shape index (κ3) is 3.72. The van der Waals surface area contributed by atoms with Crippen molar-refractivity contribution in [3.8, 4) is 17.3 Å². The minimum absolute atomic E-state index is 0.543. The first-order valence-electron chi connectivity index (χ1n) is 10.5. The Morgan fingerprint density at radius 2 is 1.78 bits per heavy atom. The molecule has 0 saturated heterocycles. The van der Waals surface area contributed by atoms with Crippen LogP contribution in [-0.2, 0) is 13.0 Å². The summed E-state index contributed by atoms with van der Waals surface area (Å²) in [5.41, 5.74) is 6.40. The molecule has 6 heteroatoms. The molecular weight excluding hydrogens is 396 g/mol. The summed E-state index contributed by atoms with van der Waals surface area (Å²) < 4.78 is 0. The van der Waals surface area contributed by atoms with Gasteiger partial charge in [-0.1, -0.05) is 25.1 Å². The lowest BCUT2D eigenvalue weighted by Crippen LogP contribution is -2.08. The fourth-order valence-corrected chi connectivity index (χ4v) is 3.88. The molecule has 1 N–H and O–H groups in total. The largest absolute Gasteiger partial charge is 0.364 e. The summed E-state index contributed by atoms with van der Waals surface area (Å²) in [5, 5.41) is 14.5. The zero-order valence-corrected chi connectivity index (χ0v) is 17.6. The predicted octanol–water partition coefficient (Wildman–Crippen LogP) is 5.29. The minimum Gasteiger partial charge on any atom is -0.364 e. The zero-order valence-electron chi connectivity index (χ0n) is 17.6. The number of nitriles is 1. The topological polar surface area (TPSA) is 87.4 Å². The smallest absolute Gasteiger partial charge is 0.133 e. The lowest BCUT2D eigenvalue weighted by molar-refractivity contribution is 0.996. The molecule has 5 aromatic rings. The second-order valence-electron chi connectivity index (χ2n) is 7.49. The maximum atomic E-state index is 9.07. The van der Waals surface area contributed by atoms with Gasteiger partial charge < -0.3 is 5.32 Å². The number of rotatable bonds is 5. The fourth-order valence-electron chi connectivity index (χ4n) is 3.88. The number of anilines is 1. The lowest BCUT2D eigenvalue weighted by atomic mass is 10.0. The molecule has 2 aromatic carbocycles. The first-order chi connectivity index (χ1) is 15.7.